The fraction of sp³-hybridized carbons (Fsp3) is 0.967. The minimum atomic E-state index is -0.559. The van der Waals surface area contributed by atoms with Crippen molar-refractivity contribution >= 4 is 5.97 Å². The average molecular weight is 1140 g/mol. The first-order valence-electron chi connectivity index (χ1n) is 30.0. The molecule has 0 saturated heterocycles. The molecule has 7 heteroatoms. The maximum absolute atomic E-state index is 12.9. The summed E-state index contributed by atoms with van der Waals surface area (Å²) in [5, 5.41) is 10.9. The number of carbonyl (C=O) groups is 1. The molecule has 0 aliphatic heterocycles. The van der Waals surface area contributed by atoms with E-state index in [1.807, 2.05) is 0 Å². The molecule has 3 unspecified atom stereocenters. The second-order valence-corrected chi connectivity index (χ2v) is 23.9. The average Bonchev–Trinajstić information content (AvgIpc) is 3.32. The van der Waals surface area contributed by atoms with Crippen LogP contribution in [0.2, 0.25) is 0 Å². The van der Waals surface area contributed by atoms with Gasteiger partial charge in [0, 0.05) is 21.1 Å². The van der Waals surface area contributed by atoms with Gasteiger partial charge < -0.3 is 4.74 Å². The second-order valence-electron chi connectivity index (χ2n) is 20.7. The van der Waals surface area contributed by atoms with Crippen molar-refractivity contribution in [1.82, 2.24) is 4.90 Å². The van der Waals surface area contributed by atoms with Gasteiger partial charge in [0.1, 0.15) is 0 Å². The predicted octanol–water partition coefficient (Wildman–Crippen LogP) is 15.6. The molecule has 0 amide bonds. The Morgan fingerprint density at radius 2 is 0.791 bits per heavy atom. The molecule has 0 aromatic heterocycles. The number of aliphatic hydroxyl groups excluding tert-OH is 1. The van der Waals surface area contributed by atoms with Crippen molar-refractivity contribution in [1.29, 1.82) is 0 Å². The Kier molecular flexibility index (Phi) is 61.9. The maximum atomic E-state index is 12.9. The summed E-state index contributed by atoms with van der Waals surface area (Å²) in [6.45, 7) is 18.4. The molecule has 0 aromatic rings. The van der Waals surface area contributed by atoms with Crippen LogP contribution in [0.5, 0.6) is 0 Å². The Labute approximate surface area is 446 Å². The SMILES string of the molecule is [CH2-]CCCN(CCCCCCCCCCCCOC(=O)C(CCCCCC)CCCCCCCC)CCCC[I-]CCCCCCCCOC(O)C(CCCCCC)CCCCCCCC.[Mo]. The molecule has 404 valence electrons. The number of hydrogen-bond donors (Lipinski definition) is 1. The summed E-state index contributed by atoms with van der Waals surface area (Å²) in [7, 11) is 0. The van der Waals surface area contributed by atoms with E-state index < -0.39 is 6.29 Å². The number of aliphatic hydroxyl groups is 1. The number of halogens is 1. The van der Waals surface area contributed by atoms with Gasteiger partial charge >= 0.3 is 212 Å². The van der Waals surface area contributed by atoms with Gasteiger partial charge in [0.05, 0.1) is 12.5 Å². The predicted molar refractivity (Wildman–Crippen MR) is 287 cm³/mol. The van der Waals surface area contributed by atoms with Gasteiger partial charge in [0.25, 0.3) is 0 Å². The quantitative estimate of drug-likeness (QED) is 0.0125. The molecule has 0 fully saturated rings. The number of ether oxygens (including phenoxy) is 2. The minimum Gasteiger partial charge on any atom is -0.0654 e. The zero-order valence-corrected chi connectivity index (χ0v) is 50.1. The van der Waals surface area contributed by atoms with Crippen LogP contribution in [0.25, 0.3) is 0 Å². The zero-order chi connectivity index (χ0) is 48.1. The number of rotatable bonds is 57. The Bertz CT molecular complexity index is 928. The molecule has 3 atom stereocenters. The summed E-state index contributed by atoms with van der Waals surface area (Å²) in [6.07, 6.45) is 55.5. The zero-order valence-electron chi connectivity index (χ0n) is 45.9. The van der Waals surface area contributed by atoms with E-state index in [4.69, 9.17) is 9.47 Å². The molecule has 0 bridgehead atoms. The molecule has 0 spiro atoms. The molecule has 0 radical (unpaired) electrons. The first-order valence-corrected chi connectivity index (χ1v) is 33.1. The van der Waals surface area contributed by atoms with E-state index in [9.17, 15) is 9.90 Å². The van der Waals surface area contributed by atoms with Gasteiger partial charge in [0.2, 0.25) is 0 Å². The van der Waals surface area contributed by atoms with Crippen molar-refractivity contribution in [2.75, 3.05) is 41.7 Å². The first-order chi connectivity index (χ1) is 32.5. The Hall–Kier alpha value is 0.768. The molecule has 0 aromatic carbocycles. The number of esters is 1. The van der Waals surface area contributed by atoms with Crippen molar-refractivity contribution in [2.24, 2.45) is 11.8 Å². The monoisotopic (exact) mass is 1140 g/mol. The molecule has 0 rings (SSSR count). The number of hydrogen-bond acceptors (Lipinski definition) is 5. The topological polar surface area (TPSA) is 59.0 Å². The van der Waals surface area contributed by atoms with E-state index >= 15 is 0 Å². The molecule has 0 aliphatic carbocycles. The van der Waals surface area contributed by atoms with Crippen molar-refractivity contribution in [2.45, 2.75) is 317 Å². The number of alkyl halides is 2. The third kappa shape index (κ3) is 51.5. The van der Waals surface area contributed by atoms with Crippen LogP contribution in [-0.2, 0) is 35.3 Å². The van der Waals surface area contributed by atoms with Gasteiger partial charge in [-0.1, -0.05) is 175 Å². The number of unbranched alkanes of at least 4 members (excludes halogenated alkanes) is 32. The van der Waals surface area contributed by atoms with E-state index in [0.717, 1.165) is 51.6 Å². The summed E-state index contributed by atoms with van der Waals surface area (Å²) < 4.78 is 14.8. The van der Waals surface area contributed by atoms with E-state index in [1.165, 1.54) is 266 Å². The van der Waals surface area contributed by atoms with E-state index in [1.54, 1.807) is 0 Å². The van der Waals surface area contributed by atoms with Gasteiger partial charge in [-0.2, -0.15) is 0 Å². The van der Waals surface area contributed by atoms with E-state index in [0.29, 0.717) is 33.7 Å². The van der Waals surface area contributed by atoms with Gasteiger partial charge in [-0.25, -0.2) is 0 Å². The molecule has 0 heterocycles. The van der Waals surface area contributed by atoms with Crippen molar-refractivity contribution in [3.8, 4) is 0 Å². The Balaban J connectivity index is 0. The van der Waals surface area contributed by atoms with Crippen molar-refractivity contribution in [3.63, 3.8) is 0 Å². The van der Waals surface area contributed by atoms with Crippen molar-refractivity contribution < 1.29 is 61.6 Å². The summed E-state index contributed by atoms with van der Waals surface area (Å²) in [4.78, 5) is 15.7. The van der Waals surface area contributed by atoms with Crippen molar-refractivity contribution in [3.05, 3.63) is 6.92 Å². The van der Waals surface area contributed by atoms with Crippen LogP contribution in [-0.4, -0.2) is 64.0 Å². The van der Waals surface area contributed by atoms with Crippen LogP contribution in [0.15, 0.2) is 0 Å². The third-order valence-electron chi connectivity index (χ3n) is 14.2. The van der Waals surface area contributed by atoms with Gasteiger partial charge in [0.15, 0.2) is 0 Å². The molecule has 0 aliphatic rings. The fourth-order valence-corrected chi connectivity index (χ4v) is 12.3. The second kappa shape index (κ2) is 59.3. The van der Waals surface area contributed by atoms with Gasteiger partial charge in [-0.3, -0.25) is 4.79 Å². The smallest absolute Gasteiger partial charge is 0.0654 e. The molecule has 1 N–H and O–H groups in total. The molecular weight excluding hydrogens is 1020 g/mol. The summed E-state index contributed by atoms with van der Waals surface area (Å²) in [5.41, 5.74) is 0. The number of nitrogens with zero attached hydrogens (tertiary/aromatic N) is 1. The number of carbonyl (C=O) groups excluding carboxylic acids is 1. The Morgan fingerprint density at radius 1 is 0.448 bits per heavy atom. The molecular formula is C60H120IMoNO4-2. The summed E-state index contributed by atoms with van der Waals surface area (Å²) in [5.74, 6) is 0.550. The van der Waals surface area contributed by atoms with Gasteiger partial charge in [-0.05, 0) is 19.3 Å². The van der Waals surface area contributed by atoms with Crippen LogP contribution < -0.4 is 21.2 Å². The van der Waals surface area contributed by atoms with Crippen LogP contribution in [0.4, 0.5) is 0 Å². The van der Waals surface area contributed by atoms with Crippen LogP contribution in [0.1, 0.15) is 310 Å². The molecule has 0 saturated carbocycles. The third-order valence-corrected chi connectivity index (χ3v) is 17.2. The summed E-state index contributed by atoms with van der Waals surface area (Å²) in [6, 6.07) is 0. The van der Waals surface area contributed by atoms with Crippen LogP contribution in [0.3, 0.4) is 0 Å². The first kappa shape index (κ1) is 69.8. The van der Waals surface area contributed by atoms with E-state index in [-0.39, 0.29) is 33.0 Å². The van der Waals surface area contributed by atoms with Gasteiger partial charge in [-0.15, -0.1) is 0 Å². The Morgan fingerprint density at radius 3 is 1.27 bits per heavy atom. The fourth-order valence-electron chi connectivity index (χ4n) is 9.59. The van der Waals surface area contributed by atoms with Crippen LogP contribution >= 0.6 is 0 Å². The summed E-state index contributed by atoms with van der Waals surface area (Å²) >= 11 is 0.383. The molecule has 5 nitrogen and oxygen atoms in total. The minimum absolute atomic E-state index is 0. The standard InChI is InChI=1S/C60H120INO4.Mo/c1-6-11-16-20-30-38-48-57(46-36-18-13-8-3)59(63)65-55-44-34-28-25-23-22-24-27-33-42-53-62(52-15-10-5)54-43-41-51-61-50-40-32-26-29-35-45-56-66-60(64)58(47-37-19-14-9-4)49-39-31-21-17-12-7-2;/h57-58,60,64H,5-56H2,1-4H3;/q-2;. The normalized spacial score (nSPS) is 13.1. The van der Waals surface area contributed by atoms with E-state index in [2.05, 4.69) is 39.5 Å². The van der Waals surface area contributed by atoms with Crippen LogP contribution in [0, 0.1) is 18.8 Å². The molecule has 67 heavy (non-hydrogen) atoms.